The number of urea groups is 1. The molecule has 3 amide bonds. The van der Waals surface area contributed by atoms with Crippen molar-refractivity contribution in [1.82, 2.24) is 9.78 Å². The van der Waals surface area contributed by atoms with Crippen LogP contribution in [0.2, 0.25) is 5.02 Å². The van der Waals surface area contributed by atoms with E-state index in [9.17, 15) is 9.59 Å². The quantitative estimate of drug-likeness (QED) is 0.636. The maximum Gasteiger partial charge on any atom is 0.316 e. The number of aromatic nitrogens is 2. The largest absolute Gasteiger partial charge is 0.351 e. The lowest BCUT2D eigenvalue weighted by Gasteiger charge is -2.08. The Kier molecular flexibility index (Phi) is 5.14. The topological polar surface area (TPSA) is 102 Å². The first-order chi connectivity index (χ1) is 12.8. The Balaban J connectivity index is 1.72. The Hall–Kier alpha value is -3.32. The van der Waals surface area contributed by atoms with Gasteiger partial charge in [0, 0.05) is 16.9 Å². The van der Waals surface area contributed by atoms with Crippen LogP contribution in [-0.4, -0.2) is 21.7 Å². The van der Waals surface area contributed by atoms with Crippen LogP contribution in [0.4, 0.5) is 16.2 Å². The van der Waals surface area contributed by atoms with Gasteiger partial charge < -0.3 is 16.4 Å². The highest BCUT2D eigenvalue weighted by Crippen LogP contribution is 2.22. The summed E-state index contributed by atoms with van der Waals surface area (Å²) in [4.78, 5) is 23.2. The fourth-order valence-electron chi connectivity index (χ4n) is 2.61. The molecule has 0 fully saturated rings. The maximum atomic E-state index is 12.4. The molecule has 3 rings (SSSR count). The zero-order chi connectivity index (χ0) is 19.6. The first kappa shape index (κ1) is 18.5. The van der Waals surface area contributed by atoms with Crippen molar-refractivity contribution in [3.8, 4) is 5.69 Å². The van der Waals surface area contributed by atoms with Gasteiger partial charge in [-0.3, -0.25) is 4.79 Å². The first-order valence-corrected chi connectivity index (χ1v) is 8.53. The third kappa shape index (κ3) is 4.09. The lowest BCUT2D eigenvalue weighted by atomic mass is 10.2. The number of anilines is 2. The normalized spacial score (nSPS) is 10.5. The standard InChI is InChI=1S/C19H18ClN5O2/c1-11-17(20)12(2)25(24-11)16-9-3-13(4-10-16)18(26)22-14-5-7-15(8-6-14)23-19(21)27/h3-10H,1-2H3,(H,22,26)(H3,21,23,27). The number of nitrogens with zero attached hydrogens (tertiary/aromatic N) is 2. The van der Waals surface area contributed by atoms with E-state index in [1.54, 1.807) is 41.1 Å². The van der Waals surface area contributed by atoms with Crippen molar-refractivity contribution in [1.29, 1.82) is 0 Å². The lowest BCUT2D eigenvalue weighted by molar-refractivity contribution is 0.102. The number of benzene rings is 2. The van der Waals surface area contributed by atoms with E-state index in [1.807, 2.05) is 26.0 Å². The molecule has 0 unspecified atom stereocenters. The molecule has 1 aromatic heterocycles. The minimum absolute atomic E-state index is 0.247. The van der Waals surface area contributed by atoms with E-state index in [0.717, 1.165) is 17.1 Å². The van der Waals surface area contributed by atoms with Crippen molar-refractivity contribution in [3.05, 3.63) is 70.5 Å². The predicted octanol–water partition coefficient (Wildman–Crippen LogP) is 3.89. The molecule has 0 aliphatic heterocycles. The Morgan fingerprint density at radius 3 is 2.00 bits per heavy atom. The third-order valence-corrected chi connectivity index (χ3v) is 4.53. The van der Waals surface area contributed by atoms with E-state index < -0.39 is 6.03 Å². The van der Waals surface area contributed by atoms with Crippen LogP contribution in [-0.2, 0) is 0 Å². The molecule has 27 heavy (non-hydrogen) atoms. The average molecular weight is 384 g/mol. The van der Waals surface area contributed by atoms with Crippen LogP contribution in [0, 0.1) is 13.8 Å². The number of carbonyl (C=O) groups excluding carboxylic acids is 2. The van der Waals surface area contributed by atoms with E-state index in [0.29, 0.717) is 22.0 Å². The Morgan fingerprint density at radius 2 is 1.52 bits per heavy atom. The number of carbonyl (C=O) groups is 2. The van der Waals surface area contributed by atoms with Crippen molar-refractivity contribution in [3.63, 3.8) is 0 Å². The van der Waals surface area contributed by atoms with Crippen molar-refractivity contribution in [2.24, 2.45) is 5.73 Å². The summed E-state index contributed by atoms with van der Waals surface area (Å²) in [5.41, 5.74) is 9.13. The van der Waals surface area contributed by atoms with Crippen molar-refractivity contribution in [2.45, 2.75) is 13.8 Å². The molecule has 0 spiro atoms. The number of hydrogen-bond donors (Lipinski definition) is 3. The number of halogens is 1. The van der Waals surface area contributed by atoms with E-state index in [2.05, 4.69) is 15.7 Å². The molecule has 0 atom stereocenters. The molecule has 4 N–H and O–H groups in total. The number of nitrogens with two attached hydrogens (primary N) is 1. The molecular formula is C19H18ClN5O2. The summed E-state index contributed by atoms with van der Waals surface area (Å²) >= 11 is 6.18. The second-order valence-electron chi connectivity index (χ2n) is 5.96. The van der Waals surface area contributed by atoms with E-state index in [-0.39, 0.29) is 5.91 Å². The molecule has 0 radical (unpaired) electrons. The van der Waals surface area contributed by atoms with Gasteiger partial charge in [-0.15, -0.1) is 0 Å². The van der Waals surface area contributed by atoms with Gasteiger partial charge in [-0.1, -0.05) is 11.6 Å². The fourth-order valence-corrected chi connectivity index (χ4v) is 2.73. The zero-order valence-electron chi connectivity index (χ0n) is 14.8. The Bertz CT molecular complexity index is 994. The van der Waals surface area contributed by atoms with Gasteiger partial charge >= 0.3 is 6.03 Å². The van der Waals surface area contributed by atoms with Crippen molar-refractivity contribution in [2.75, 3.05) is 10.6 Å². The highest BCUT2D eigenvalue weighted by Gasteiger charge is 2.12. The number of rotatable bonds is 4. The summed E-state index contributed by atoms with van der Waals surface area (Å²) in [6.07, 6.45) is 0. The summed E-state index contributed by atoms with van der Waals surface area (Å²) in [5.74, 6) is -0.247. The molecule has 1 heterocycles. The minimum atomic E-state index is -0.643. The van der Waals surface area contributed by atoms with Gasteiger partial charge in [-0.25, -0.2) is 9.48 Å². The number of nitrogens with one attached hydrogen (secondary N) is 2. The summed E-state index contributed by atoms with van der Waals surface area (Å²) in [6, 6.07) is 13.1. The van der Waals surface area contributed by atoms with E-state index >= 15 is 0 Å². The molecule has 0 aliphatic carbocycles. The molecule has 7 nitrogen and oxygen atoms in total. The summed E-state index contributed by atoms with van der Waals surface area (Å²) in [5, 5.41) is 10.3. The highest BCUT2D eigenvalue weighted by molar-refractivity contribution is 6.31. The Morgan fingerprint density at radius 1 is 0.963 bits per heavy atom. The van der Waals surface area contributed by atoms with Crippen LogP contribution in [0.1, 0.15) is 21.7 Å². The second kappa shape index (κ2) is 7.51. The summed E-state index contributed by atoms with van der Waals surface area (Å²) in [6.45, 7) is 3.73. The summed E-state index contributed by atoms with van der Waals surface area (Å²) in [7, 11) is 0. The molecule has 3 aromatic rings. The van der Waals surface area contributed by atoms with Crippen LogP contribution >= 0.6 is 11.6 Å². The van der Waals surface area contributed by atoms with Crippen LogP contribution in [0.25, 0.3) is 5.69 Å². The molecule has 0 saturated heterocycles. The molecule has 0 bridgehead atoms. The molecule has 2 aromatic carbocycles. The zero-order valence-corrected chi connectivity index (χ0v) is 15.5. The minimum Gasteiger partial charge on any atom is -0.351 e. The van der Waals surface area contributed by atoms with E-state index in [1.165, 1.54) is 0 Å². The Labute approximate surface area is 161 Å². The van der Waals surface area contributed by atoms with Crippen LogP contribution < -0.4 is 16.4 Å². The number of aryl methyl sites for hydroxylation is 1. The number of hydrogen-bond acceptors (Lipinski definition) is 3. The van der Waals surface area contributed by atoms with Gasteiger partial charge in [0.1, 0.15) is 0 Å². The predicted molar refractivity (Wildman–Crippen MR) is 106 cm³/mol. The SMILES string of the molecule is Cc1nn(-c2ccc(C(=O)Nc3ccc(NC(N)=O)cc3)cc2)c(C)c1Cl. The van der Waals surface area contributed by atoms with E-state index in [4.69, 9.17) is 17.3 Å². The number of primary amides is 1. The molecular weight excluding hydrogens is 366 g/mol. The maximum absolute atomic E-state index is 12.4. The highest BCUT2D eigenvalue weighted by atomic mass is 35.5. The van der Waals surface area contributed by atoms with Crippen LogP contribution in [0.5, 0.6) is 0 Å². The van der Waals surface area contributed by atoms with Crippen LogP contribution in [0.15, 0.2) is 48.5 Å². The van der Waals surface area contributed by atoms with Crippen molar-refractivity contribution >= 4 is 34.9 Å². The molecule has 8 heteroatoms. The van der Waals surface area contributed by atoms with Gasteiger partial charge in [-0.2, -0.15) is 5.10 Å². The fraction of sp³-hybridized carbons (Fsp3) is 0.105. The average Bonchev–Trinajstić information content (AvgIpc) is 2.90. The van der Waals surface area contributed by atoms with Gasteiger partial charge in [0.15, 0.2) is 0 Å². The second-order valence-corrected chi connectivity index (χ2v) is 6.34. The van der Waals surface area contributed by atoms with Crippen molar-refractivity contribution < 1.29 is 9.59 Å². The smallest absolute Gasteiger partial charge is 0.316 e. The van der Waals surface area contributed by atoms with Crippen LogP contribution in [0.3, 0.4) is 0 Å². The van der Waals surface area contributed by atoms with Gasteiger partial charge in [-0.05, 0) is 62.4 Å². The molecule has 0 aliphatic rings. The number of amides is 3. The van der Waals surface area contributed by atoms with Gasteiger partial charge in [0.25, 0.3) is 5.91 Å². The third-order valence-electron chi connectivity index (χ3n) is 3.99. The first-order valence-electron chi connectivity index (χ1n) is 8.15. The van der Waals surface area contributed by atoms with Gasteiger partial charge in [0.05, 0.1) is 22.1 Å². The monoisotopic (exact) mass is 383 g/mol. The molecule has 0 saturated carbocycles. The lowest BCUT2D eigenvalue weighted by Crippen LogP contribution is -2.19. The molecule has 138 valence electrons. The summed E-state index contributed by atoms with van der Waals surface area (Å²) < 4.78 is 1.74. The van der Waals surface area contributed by atoms with Gasteiger partial charge in [0.2, 0.25) is 0 Å².